The van der Waals surface area contributed by atoms with Crippen LogP contribution in [-0.4, -0.2) is 61.5 Å². The number of nitrogens with one attached hydrogen (secondary N) is 1. The van der Waals surface area contributed by atoms with Crippen LogP contribution in [0.25, 0.3) is 16.6 Å². The Kier molecular flexibility index (Phi) is 5.79. The van der Waals surface area contributed by atoms with Gasteiger partial charge in [0.1, 0.15) is 17.5 Å². The molecule has 1 saturated heterocycles. The molecule has 3 aromatic heterocycles. The van der Waals surface area contributed by atoms with E-state index in [9.17, 15) is 22.0 Å². The standard InChI is InChI=1S/C28H24F2N8O3S/c1-16-9-23-17(11-33-38(23)20-6-3-18(29)4-7-20)10-21(16)28-15-37(42(40,41)25-13-32-36(2)35-25)14-22(28)26(28)27(39)34-24-8-5-19(30)12-31-24/h3-13,22,26H,14-15H2,1-2H3,(H,31,34,39)/t22-,26?,28+/m1/s1. The average Bonchev–Trinajstić information content (AvgIpc) is 3.38. The van der Waals surface area contributed by atoms with E-state index in [2.05, 4.69) is 25.6 Å². The largest absolute Gasteiger partial charge is 0.310 e. The maximum Gasteiger partial charge on any atom is 0.264 e. The summed E-state index contributed by atoms with van der Waals surface area (Å²) in [7, 11) is -2.43. The van der Waals surface area contributed by atoms with Crippen molar-refractivity contribution in [2.24, 2.45) is 18.9 Å². The quantitative estimate of drug-likeness (QED) is 0.322. The van der Waals surface area contributed by atoms with Crippen molar-refractivity contribution in [2.45, 2.75) is 17.4 Å². The van der Waals surface area contributed by atoms with Crippen LogP contribution in [0.2, 0.25) is 0 Å². The summed E-state index contributed by atoms with van der Waals surface area (Å²) < 4.78 is 57.0. The summed E-state index contributed by atoms with van der Waals surface area (Å²) in [5, 5.41) is 15.8. The normalized spacial score (nSPS) is 21.9. The molecule has 11 nitrogen and oxygen atoms in total. The molecule has 4 heterocycles. The Morgan fingerprint density at radius 3 is 2.48 bits per heavy atom. The average molecular weight is 591 g/mol. The fourth-order valence-corrected chi connectivity index (χ4v) is 7.74. The third-order valence-corrected chi connectivity index (χ3v) is 9.95. The van der Waals surface area contributed by atoms with Crippen LogP contribution >= 0.6 is 0 Å². The van der Waals surface area contributed by atoms with Crippen LogP contribution in [0.3, 0.4) is 0 Å². The first-order valence-electron chi connectivity index (χ1n) is 13.1. The highest BCUT2D eigenvalue weighted by Gasteiger charge is 2.74. The van der Waals surface area contributed by atoms with E-state index in [0.29, 0.717) is 5.69 Å². The summed E-state index contributed by atoms with van der Waals surface area (Å²) in [6, 6.07) is 12.5. The second-order valence-corrected chi connectivity index (χ2v) is 12.6. The van der Waals surface area contributed by atoms with E-state index < -0.39 is 27.2 Å². The maximum atomic E-state index is 13.6. The number of anilines is 1. The lowest BCUT2D eigenvalue weighted by Gasteiger charge is -2.24. The van der Waals surface area contributed by atoms with Gasteiger partial charge in [0.05, 0.1) is 35.7 Å². The van der Waals surface area contributed by atoms with Crippen LogP contribution in [0.5, 0.6) is 0 Å². The van der Waals surface area contributed by atoms with E-state index in [-0.39, 0.29) is 41.6 Å². The lowest BCUT2D eigenvalue weighted by Crippen LogP contribution is -2.37. The molecule has 214 valence electrons. The SMILES string of the molecule is Cc1cc2c(cnn2-c2ccc(F)cc2)cc1[C@@]12CN(S(=O)(=O)c3cnn(C)n3)C[C@@H]1C2C(=O)Nc1ccc(F)cn1. The van der Waals surface area contributed by atoms with Gasteiger partial charge in [-0.25, -0.2) is 26.9 Å². The Balaban J connectivity index is 1.28. The molecule has 1 saturated carbocycles. The molecule has 14 heteroatoms. The zero-order valence-corrected chi connectivity index (χ0v) is 23.3. The van der Waals surface area contributed by atoms with E-state index in [1.807, 2.05) is 19.1 Å². The third-order valence-electron chi connectivity index (χ3n) is 8.28. The Morgan fingerprint density at radius 2 is 1.79 bits per heavy atom. The van der Waals surface area contributed by atoms with Crippen LogP contribution in [-0.2, 0) is 27.3 Å². The zero-order valence-electron chi connectivity index (χ0n) is 22.4. The highest BCUT2D eigenvalue weighted by Crippen LogP contribution is 2.65. The molecule has 1 amide bonds. The van der Waals surface area contributed by atoms with Gasteiger partial charge in [-0.2, -0.15) is 19.3 Å². The summed E-state index contributed by atoms with van der Waals surface area (Å²) in [4.78, 5) is 18.7. The second kappa shape index (κ2) is 9.22. The first kappa shape index (κ1) is 26.3. The molecule has 42 heavy (non-hydrogen) atoms. The first-order valence-corrected chi connectivity index (χ1v) is 14.6. The van der Waals surface area contributed by atoms with Crippen molar-refractivity contribution in [3.63, 3.8) is 0 Å². The van der Waals surface area contributed by atoms with E-state index in [1.54, 1.807) is 23.0 Å². The molecule has 1 N–H and O–H groups in total. The lowest BCUT2D eigenvalue weighted by molar-refractivity contribution is -0.118. The van der Waals surface area contributed by atoms with E-state index >= 15 is 0 Å². The number of sulfonamides is 1. The molecule has 5 aromatic rings. The van der Waals surface area contributed by atoms with Gasteiger partial charge in [0, 0.05) is 30.9 Å². The van der Waals surface area contributed by atoms with Crippen LogP contribution in [0.4, 0.5) is 14.6 Å². The molecule has 0 bridgehead atoms. The van der Waals surface area contributed by atoms with Gasteiger partial charge in [-0.3, -0.25) is 4.79 Å². The molecule has 1 aliphatic heterocycles. The van der Waals surface area contributed by atoms with Gasteiger partial charge in [-0.1, -0.05) is 0 Å². The molecule has 2 aromatic carbocycles. The van der Waals surface area contributed by atoms with Gasteiger partial charge < -0.3 is 5.32 Å². The van der Waals surface area contributed by atoms with Gasteiger partial charge in [0.25, 0.3) is 10.0 Å². The first-order chi connectivity index (χ1) is 20.1. The van der Waals surface area contributed by atoms with Crippen LogP contribution in [0.15, 0.2) is 72.1 Å². The Hall–Kier alpha value is -4.56. The highest BCUT2D eigenvalue weighted by atomic mass is 32.2. The smallest absolute Gasteiger partial charge is 0.264 e. The number of aromatic nitrogens is 6. The van der Waals surface area contributed by atoms with Crippen molar-refractivity contribution < 1.29 is 22.0 Å². The molecule has 7 rings (SSSR count). The molecule has 0 radical (unpaired) electrons. The predicted octanol–water partition coefficient (Wildman–Crippen LogP) is 2.96. The number of carbonyl (C=O) groups is 1. The number of rotatable bonds is 6. The molecule has 3 atom stereocenters. The lowest BCUT2D eigenvalue weighted by atomic mass is 9.88. The Labute approximate surface area is 238 Å². The molecule has 2 aliphatic rings. The summed E-state index contributed by atoms with van der Waals surface area (Å²) in [6.07, 6.45) is 3.92. The number of hydrogen-bond acceptors (Lipinski definition) is 7. The number of pyridine rings is 1. The fraction of sp³-hybridized carbons (Fsp3) is 0.250. The number of benzene rings is 2. The third kappa shape index (κ3) is 4.01. The molecule has 1 aliphatic carbocycles. The number of fused-ring (bicyclic) bond motifs is 2. The molecule has 0 spiro atoms. The number of halogens is 2. The summed E-state index contributed by atoms with van der Waals surface area (Å²) in [5.41, 5.74) is 2.34. The van der Waals surface area contributed by atoms with Crippen molar-refractivity contribution in [3.05, 3.63) is 89.9 Å². The van der Waals surface area contributed by atoms with Crippen molar-refractivity contribution in [1.29, 1.82) is 0 Å². The number of nitrogens with zero attached hydrogens (tertiary/aromatic N) is 7. The van der Waals surface area contributed by atoms with E-state index in [4.69, 9.17) is 0 Å². The monoisotopic (exact) mass is 590 g/mol. The number of amides is 1. The topological polar surface area (TPSA) is 128 Å². The van der Waals surface area contributed by atoms with Gasteiger partial charge in [0.15, 0.2) is 0 Å². The molecular formula is C28H24F2N8O3S. The maximum absolute atomic E-state index is 13.6. The molecular weight excluding hydrogens is 566 g/mol. The highest BCUT2D eigenvalue weighted by molar-refractivity contribution is 7.89. The number of piperidine rings is 1. The minimum Gasteiger partial charge on any atom is -0.310 e. The van der Waals surface area contributed by atoms with Gasteiger partial charge >= 0.3 is 0 Å². The minimum atomic E-state index is -3.96. The molecule has 1 unspecified atom stereocenters. The van der Waals surface area contributed by atoms with E-state index in [0.717, 1.165) is 28.2 Å². The Bertz CT molecular complexity index is 1970. The van der Waals surface area contributed by atoms with Gasteiger partial charge in [0.2, 0.25) is 10.9 Å². The van der Waals surface area contributed by atoms with E-state index in [1.165, 1.54) is 46.6 Å². The van der Waals surface area contributed by atoms with Crippen LogP contribution < -0.4 is 5.32 Å². The Morgan fingerprint density at radius 1 is 1.02 bits per heavy atom. The predicted molar refractivity (Wildman–Crippen MR) is 147 cm³/mol. The van der Waals surface area contributed by atoms with Gasteiger partial charge in [-0.05, 0) is 72.5 Å². The number of hydrogen-bond donors (Lipinski definition) is 1. The second-order valence-electron chi connectivity index (χ2n) is 10.7. The molecule has 2 fully saturated rings. The van der Waals surface area contributed by atoms with Crippen molar-refractivity contribution >= 4 is 32.7 Å². The van der Waals surface area contributed by atoms with Gasteiger partial charge in [-0.15, -0.1) is 5.10 Å². The van der Waals surface area contributed by atoms with Crippen molar-refractivity contribution in [3.8, 4) is 5.69 Å². The fourth-order valence-electron chi connectivity index (χ4n) is 6.33. The van der Waals surface area contributed by atoms with Crippen LogP contribution in [0, 0.1) is 30.4 Å². The summed E-state index contributed by atoms with van der Waals surface area (Å²) >= 11 is 0. The summed E-state index contributed by atoms with van der Waals surface area (Å²) in [6.45, 7) is 2.08. The summed E-state index contributed by atoms with van der Waals surface area (Å²) in [5.74, 6) is -1.87. The van der Waals surface area contributed by atoms with Crippen molar-refractivity contribution in [1.82, 2.24) is 34.1 Å². The zero-order chi connectivity index (χ0) is 29.4. The van der Waals surface area contributed by atoms with Crippen LogP contribution in [0.1, 0.15) is 11.1 Å². The number of carbonyl (C=O) groups excluding carboxylic acids is 1. The van der Waals surface area contributed by atoms with Crippen molar-refractivity contribution in [2.75, 3.05) is 18.4 Å². The number of aryl methyl sites for hydroxylation is 2. The minimum absolute atomic E-state index is 0.0595.